The van der Waals surface area contributed by atoms with Crippen LogP contribution in [0, 0.1) is 11.8 Å². The van der Waals surface area contributed by atoms with E-state index in [1.54, 1.807) is 13.0 Å². The van der Waals surface area contributed by atoms with Crippen molar-refractivity contribution >= 4 is 11.8 Å². The van der Waals surface area contributed by atoms with Crippen molar-refractivity contribution < 1.29 is 38.7 Å². The number of epoxide rings is 1. The van der Waals surface area contributed by atoms with Crippen molar-refractivity contribution in [2.24, 2.45) is 11.8 Å². The number of ether oxygens (including phenoxy) is 4. The van der Waals surface area contributed by atoms with Crippen LogP contribution in [0.4, 0.5) is 0 Å². The van der Waals surface area contributed by atoms with Gasteiger partial charge in [-0.25, -0.2) is 0 Å². The zero-order chi connectivity index (χ0) is 27.4. The number of rotatable bonds is 10. The largest absolute Gasteiger partial charge is 0.459 e. The predicted molar refractivity (Wildman–Crippen MR) is 139 cm³/mol. The number of esters is 1. The summed E-state index contributed by atoms with van der Waals surface area (Å²) in [7, 11) is 0. The van der Waals surface area contributed by atoms with Crippen LogP contribution in [0.2, 0.25) is 0 Å². The Hall–Kier alpha value is -1.84. The predicted octanol–water partition coefficient (Wildman–Crippen LogP) is 3.45. The molecule has 3 rings (SSSR count). The molecule has 208 valence electrons. The van der Waals surface area contributed by atoms with Gasteiger partial charge in [-0.1, -0.05) is 30.7 Å². The number of hydrogen-bond donors (Lipinski definition) is 2. The molecule has 2 unspecified atom stereocenters. The molecule has 3 fully saturated rings. The van der Waals surface area contributed by atoms with Crippen molar-refractivity contribution in [3.8, 4) is 0 Å². The van der Waals surface area contributed by atoms with Gasteiger partial charge in [-0.3, -0.25) is 9.59 Å². The van der Waals surface area contributed by atoms with Crippen LogP contribution < -0.4 is 0 Å². The topological polar surface area (TPSA) is 115 Å². The van der Waals surface area contributed by atoms with E-state index in [0.29, 0.717) is 25.4 Å². The smallest absolute Gasteiger partial charge is 0.303 e. The van der Waals surface area contributed by atoms with Gasteiger partial charge < -0.3 is 29.2 Å². The second-order valence-corrected chi connectivity index (χ2v) is 11.4. The molecule has 3 saturated heterocycles. The van der Waals surface area contributed by atoms with E-state index in [1.165, 1.54) is 13.0 Å². The van der Waals surface area contributed by atoms with Gasteiger partial charge in [0.15, 0.2) is 5.78 Å². The fourth-order valence-corrected chi connectivity index (χ4v) is 5.44. The highest BCUT2D eigenvalue weighted by molar-refractivity contribution is 5.89. The quantitative estimate of drug-likeness (QED) is 0.195. The molecule has 37 heavy (non-hydrogen) atoms. The average molecular weight is 521 g/mol. The van der Waals surface area contributed by atoms with Crippen LogP contribution in [-0.4, -0.2) is 76.9 Å². The fourth-order valence-electron chi connectivity index (χ4n) is 5.44. The zero-order valence-electron chi connectivity index (χ0n) is 23.0. The Morgan fingerprint density at radius 2 is 1.92 bits per heavy atom. The molecule has 0 aromatic carbocycles. The molecule has 0 bridgehead atoms. The number of hydrogen-bond acceptors (Lipinski definition) is 8. The molecule has 0 aromatic rings. The van der Waals surface area contributed by atoms with E-state index < -0.39 is 29.5 Å². The Labute approximate surface area is 220 Å². The first-order valence-electron chi connectivity index (χ1n) is 13.4. The van der Waals surface area contributed by atoms with Crippen LogP contribution in [0.1, 0.15) is 67.2 Å². The third-order valence-corrected chi connectivity index (χ3v) is 7.75. The lowest BCUT2D eigenvalue weighted by Gasteiger charge is -2.42. The monoisotopic (exact) mass is 520 g/mol. The van der Waals surface area contributed by atoms with Crippen LogP contribution in [0.5, 0.6) is 0 Å². The Bertz CT molecular complexity index is 904. The Kier molecular flexibility index (Phi) is 9.91. The summed E-state index contributed by atoms with van der Waals surface area (Å²) in [5.41, 5.74) is -0.318. The molecule has 2 N–H and O–H groups in total. The highest BCUT2D eigenvalue weighted by Gasteiger charge is 2.61. The lowest BCUT2D eigenvalue weighted by molar-refractivity contribution is -0.192. The van der Waals surface area contributed by atoms with Crippen molar-refractivity contribution in [1.82, 2.24) is 0 Å². The van der Waals surface area contributed by atoms with Gasteiger partial charge in [-0.2, -0.15) is 0 Å². The van der Waals surface area contributed by atoms with Crippen LogP contribution in [0.25, 0.3) is 0 Å². The first-order chi connectivity index (χ1) is 17.4. The van der Waals surface area contributed by atoms with Gasteiger partial charge in [0.1, 0.15) is 23.9 Å². The molecule has 0 aliphatic carbocycles. The molecular weight excluding hydrogens is 476 g/mol. The van der Waals surface area contributed by atoms with Crippen LogP contribution in [-0.2, 0) is 28.5 Å². The van der Waals surface area contributed by atoms with Crippen molar-refractivity contribution in [3.63, 3.8) is 0 Å². The standard InChI is InChI=1S/C29H44O8/c1-18(8-12-26-27(33)29(17-34-29)15-28(6,16-30)37-26)7-11-25-19(2)13-23(21(4)36-25)14-24(32)10-9-20(3)35-22(5)31/h7-10,12,19-21,23,25-27,30,33H,11,13-17H2,1-6H3/b10-9-,12-8+,18-7+/t19-,20-,21?,23-,25-,26?,27-,28-,29-/m0/s1. The van der Waals surface area contributed by atoms with Crippen LogP contribution in [0.3, 0.4) is 0 Å². The van der Waals surface area contributed by atoms with Gasteiger partial charge in [-0.15, -0.1) is 0 Å². The number of allylic oxidation sites excluding steroid dienone is 3. The number of aliphatic hydroxyl groups is 2. The van der Waals surface area contributed by atoms with E-state index >= 15 is 0 Å². The Balaban J connectivity index is 1.50. The first-order valence-corrected chi connectivity index (χ1v) is 13.4. The van der Waals surface area contributed by atoms with Gasteiger partial charge in [0.05, 0.1) is 31.0 Å². The van der Waals surface area contributed by atoms with E-state index in [4.69, 9.17) is 18.9 Å². The summed E-state index contributed by atoms with van der Waals surface area (Å²) in [5.74, 6) is 0.0740. The van der Waals surface area contributed by atoms with E-state index in [1.807, 2.05) is 32.9 Å². The van der Waals surface area contributed by atoms with Crippen molar-refractivity contribution in [2.45, 2.75) is 109 Å². The molecule has 3 heterocycles. The molecule has 0 saturated carbocycles. The van der Waals surface area contributed by atoms with Crippen LogP contribution >= 0.6 is 0 Å². The number of aliphatic hydroxyl groups excluding tert-OH is 2. The van der Waals surface area contributed by atoms with Gasteiger partial charge in [0.2, 0.25) is 0 Å². The summed E-state index contributed by atoms with van der Waals surface area (Å²) in [6.45, 7) is 11.4. The lowest BCUT2D eigenvalue weighted by Crippen LogP contribution is -2.56. The molecule has 1 spiro atoms. The van der Waals surface area contributed by atoms with Crippen molar-refractivity contribution in [3.05, 3.63) is 36.0 Å². The summed E-state index contributed by atoms with van der Waals surface area (Å²) >= 11 is 0. The summed E-state index contributed by atoms with van der Waals surface area (Å²) in [6, 6.07) is 0. The number of ketones is 1. The maximum absolute atomic E-state index is 12.4. The zero-order valence-corrected chi connectivity index (χ0v) is 23.0. The summed E-state index contributed by atoms with van der Waals surface area (Å²) in [6.07, 6.45) is 9.83. The molecule has 0 radical (unpaired) electrons. The maximum atomic E-state index is 12.4. The van der Waals surface area contributed by atoms with Gasteiger partial charge in [0.25, 0.3) is 0 Å². The SMILES string of the molecule is CC(=O)O[C@@H](C)/C=C\C(=O)C[C@@H]1C[C@H](C)[C@H](C/C=C(C)/C=C/C2O[C@](C)(CO)C[C@]3(CO3)[C@H]2O)OC1C. The number of carbonyl (C=O) groups is 2. The molecule has 8 heteroatoms. The Morgan fingerprint density at radius 1 is 1.22 bits per heavy atom. The number of carbonyl (C=O) groups excluding carboxylic acids is 2. The highest BCUT2D eigenvalue weighted by atomic mass is 16.6. The highest BCUT2D eigenvalue weighted by Crippen LogP contribution is 2.46. The normalized spacial score (nSPS) is 39.3. The molecule has 0 aromatic heterocycles. The van der Waals surface area contributed by atoms with Crippen LogP contribution in [0.15, 0.2) is 36.0 Å². The molecule has 3 aliphatic heterocycles. The molecule has 8 nitrogen and oxygen atoms in total. The van der Waals surface area contributed by atoms with Gasteiger partial charge in [-0.05, 0) is 64.5 Å². The van der Waals surface area contributed by atoms with E-state index in [-0.39, 0.29) is 36.5 Å². The van der Waals surface area contributed by atoms with E-state index in [0.717, 1.165) is 18.4 Å². The third-order valence-electron chi connectivity index (χ3n) is 7.75. The van der Waals surface area contributed by atoms with Gasteiger partial charge in [0, 0.05) is 19.8 Å². The van der Waals surface area contributed by atoms with E-state index in [9.17, 15) is 19.8 Å². The van der Waals surface area contributed by atoms with E-state index in [2.05, 4.69) is 13.0 Å². The maximum Gasteiger partial charge on any atom is 0.303 e. The Morgan fingerprint density at radius 3 is 2.54 bits per heavy atom. The average Bonchev–Trinajstić information content (AvgIpc) is 3.59. The fraction of sp³-hybridized carbons (Fsp3) is 0.724. The second-order valence-electron chi connectivity index (χ2n) is 11.4. The minimum Gasteiger partial charge on any atom is -0.459 e. The summed E-state index contributed by atoms with van der Waals surface area (Å²) < 4.78 is 22.9. The summed E-state index contributed by atoms with van der Waals surface area (Å²) in [5, 5.41) is 20.5. The third kappa shape index (κ3) is 8.07. The molecular formula is C29H44O8. The van der Waals surface area contributed by atoms with Gasteiger partial charge >= 0.3 is 5.97 Å². The summed E-state index contributed by atoms with van der Waals surface area (Å²) in [4.78, 5) is 23.4. The molecule has 0 amide bonds. The first kappa shape index (κ1) is 29.7. The molecule has 9 atom stereocenters. The molecule has 3 aliphatic rings. The lowest BCUT2D eigenvalue weighted by atomic mass is 9.81. The van der Waals surface area contributed by atoms with Crippen molar-refractivity contribution in [1.29, 1.82) is 0 Å². The minimum atomic E-state index is -0.766. The van der Waals surface area contributed by atoms with Crippen molar-refractivity contribution in [2.75, 3.05) is 13.2 Å². The second kappa shape index (κ2) is 12.3. The minimum absolute atomic E-state index is 0.00812.